The predicted molar refractivity (Wildman–Crippen MR) is 135 cm³/mol. The molecule has 3 aromatic carbocycles. The van der Waals surface area contributed by atoms with Gasteiger partial charge in [0.2, 0.25) is 12.2 Å². The molecule has 190 valence electrons. The zero-order chi connectivity index (χ0) is 26.3. The minimum absolute atomic E-state index is 0.0877. The molecule has 4 unspecified atom stereocenters. The molecule has 0 spiro atoms. The third kappa shape index (κ3) is 5.94. The van der Waals surface area contributed by atoms with Crippen LogP contribution in [0.1, 0.15) is 32.7 Å². The third-order valence-corrected chi connectivity index (χ3v) is 5.90. The molecule has 0 aliphatic carbocycles. The molecule has 2 N–H and O–H groups in total. The molecule has 0 bridgehead atoms. The van der Waals surface area contributed by atoms with Crippen LogP contribution in [0.3, 0.4) is 0 Å². The summed E-state index contributed by atoms with van der Waals surface area (Å²) in [5.74, 6) is -1.55. The van der Waals surface area contributed by atoms with E-state index in [2.05, 4.69) is 6.58 Å². The largest absolute Gasteiger partial charge is 0.468 e. The lowest BCUT2D eigenvalue weighted by atomic mass is 9.91. The highest BCUT2D eigenvalue weighted by atomic mass is 16.7. The van der Waals surface area contributed by atoms with Gasteiger partial charge in [-0.15, -0.1) is 6.58 Å². The first-order valence-electron chi connectivity index (χ1n) is 11.7. The second kappa shape index (κ2) is 11.6. The van der Waals surface area contributed by atoms with Gasteiger partial charge < -0.3 is 24.1 Å². The van der Waals surface area contributed by atoms with Crippen LogP contribution in [0.5, 0.6) is 0 Å². The Morgan fingerprint density at radius 2 is 1.38 bits per heavy atom. The maximum atomic E-state index is 12.8. The lowest BCUT2D eigenvalue weighted by Gasteiger charge is -2.32. The van der Waals surface area contributed by atoms with Crippen molar-refractivity contribution < 1.29 is 33.6 Å². The van der Waals surface area contributed by atoms with Gasteiger partial charge in [-0.1, -0.05) is 60.7 Å². The Hall–Kier alpha value is -4.27. The second-order valence-electron chi connectivity index (χ2n) is 8.46. The summed E-state index contributed by atoms with van der Waals surface area (Å²) in [4.78, 5) is 25.4. The molecule has 1 aliphatic rings. The SMILES string of the molecule is C=CCC1(O)C(OC(=O)c2ccccc2)OC(COC(=O)c2ccccc2)C1OC(=N)c1ccccc1. The fourth-order valence-corrected chi connectivity index (χ4v) is 4.02. The van der Waals surface area contributed by atoms with Gasteiger partial charge in [-0.2, -0.15) is 0 Å². The molecule has 37 heavy (non-hydrogen) atoms. The van der Waals surface area contributed by atoms with E-state index in [1.807, 2.05) is 0 Å². The number of esters is 2. The molecule has 1 saturated heterocycles. The molecule has 0 amide bonds. The summed E-state index contributed by atoms with van der Waals surface area (Å²) in [7, 11) is 0. The molecule has 3 aromatic rings. The van der Waals surface area contributed by atoms with Crippen LogP contribution in [0.4, 0.5) is 0 Å². The van der Waals surface area contributed by atoms with Gasteiger partial charge in [0.1, 0.15) is 12.7 Å². The van der Waals surface area contributed by atoms with Crippen molar-refractivity contribution in [1.29, 1.82) is 5.41 Å². The van der Waals surface area contributed by atoms with Crippen molar-refractivity contribution in [1.82, 2.24) is 0 Å². The molecule has 8 heteroatoms. The van der Waals surface area contributed by atoms with Crippen molar-refractivity contribution in [2.24, 2.45) is 0 Å². The van der Waals surface area contributed by atoms with E-state index in [4.69, 9.17) is 24.4 Å². The first kappa shape index (κ1) is 25.8. The van der Waals surface area contributed by atoms with Gasteiger partial charge in [0.15, 0.2) is 11.7 Å². The minimum Gasteiger partial charge on any atom is -0.468 e. The molecule has 0 aromatic heterocycles. The summed E-state index contributed by atoms with van der Waals surface area (Å²) in [5, 5.41) is 20.2. The van der Waals surface area contributed by atoms with Gasteiger partial charge in [-0.25, -0.2) is 9.59 Å². The smallest absolute Gasteiger partial charge is 0.340 e. The molecule has 8 nitrogen and oxygen atoms in total. The summed E-state index contributed by atoms with van der Waals surface area (Å²) in [6, 6.07) is 25.3. The average molecular weight is 502 g/mol. The van der Waals surface area contributed by atoms with Crippen LogP contribution in [0.2, 0.25) is 0 Å². The van der Waals surface area contributed by atoms with Crippen LogP contribution in [-0.4, -0.2) is 53.6 Å². The van der Waals surface area contributed by atoms with E-state index in [0.29, 0.717) is 11.1 Å². The normalized spacial score (nSPS) is 22.6. The maximum absolute atomic E-state index is 12.8. The van der Waals surface area contributed by atoms with E-state index in [-0.39, 0.29) is 24.5 Å². The zero-order valence-electron chi connectivity index (χ0n) is 20.0. The topological polar surface area (TPSA) is 115 Å². The van der Waals surface area contributed by atoms with E-state index in [9.17, 15) is 14.7 Å². The molecule has 4 atom stereocenters. The molecular weight excluding hydrogens is 474 g/mol. The summed E-state index contributed by atoms with van der Waals surface area (Å²) < 4.78 is 22.8. The Morgan fingerprint density at radius 3 is 1.92 bits per heavy atom. The first-order valence-corrected chi connectivity index (χ1v) is 11.7. The molecule has 1 heterocycles. The monoisotopic (exact) mass is 501 g/mol. The van der Waals surface area contributed by atoms with Gasteiger partial charge in [-0.05, 0) is 36.4 Å². The minimum atomic E-state index is -1.92. The van der Waals surface area contributed by atoms with Crippen molar-refractivity contribution >= 4 is 17.8 Å². The lowest BCUT2D eigenvalue weighted by Crippen LogP contribution is -2.51. The average Bonchev–Trinajstić information content (AvgIpc) is 3.18. The van der Waals surface area contributed by atoms with Gasteiger partial charge in [-0.3, -0.25) is 5.41 Å². The van der Waals surface area contributed by atoms with E-state index in [1.165, 1.54) is 6.08 Å². The number of ether oxygens (including phenoxy) is 4. The second-order valence-corrected chi connectivity index (χ2v) is 8.46. The van der Waals surface area contributed by atoms with Gasteiger partial charge in [0.25, 0.3) is 0 Å². The van der Waals surface area contributed by atoms with Crippen molar-refractivity contribution in [3.05, 3.63) is 120 Å². The summed E-state index contributed by atoms with van der Waals surface area (Å²) in [6.07, 6.45) is -2.42. The molecule has 0 saturated carbocycles. The van der Waals surface area contributed by atoms with E-state index in [1.54, 1.807) is 91.0 Å². The van der Waals surface area contributed by atoms with Crippen LogP contribution in [0.15, 0.2) is 104 Å². The first-order chi connectivity index (χ1) is 17.9. The molecule has 0 radical (unpaired) electrons. The van der Waals surface area contributed by atoms with Crippen molar-refractivity contribution in [2.45, 2.75) is 30.5 Å². The van der Waals surface area contributed by atoms with Crippen LogP contribution in [0, 0.1) is 5.41 Å². The van der Waals surface area contributed by atoms with Crippen LogP contribution in [0.25, 0.3) is 0 Å². The highest BCUT2D eigenvalue weighted by Gasteiger charge is 2.59. The molecular formula is C29H27NO7. The van der Waals surface area contributed by atoms with Crippen molar-refractivity contribution in [2.75, 3.05) is 6.61 Å². The highest BCUT2D eigenvalue weighted by molar-refractivity contribution is 5.92. The zero-order valence-corrected chi connectivity index (χ0v) is 20.0. The number of carbonyl (C=O) groups excluding carboxylic acids is 2. The Labute approximate surface area is 214 Å². The summed E-state index contributed by atoms with van der Waals surface area (Å²) in [6.45, 7) is 3.38. The van der Waals surface area contributed by atoms with E-state index in [0.717, 1.165) is 0 Å². The molecule has 1 aliphatic heterocycles. The number of hydrogen-bond donors (Lipinski definition) is 2. The summed E-state index contributed by atoms with van der Waals surface area (Å²) >= 11 is 0. The van der Waals surface area contributed by atoms with Crippen molar-refractivity contribution in [3.8, 4) is 0 Å². The Balaban J connectivity index is 1.59. The van der Waals surface area contributed by atoms with Crippen molar-refractivity contribution in [3.63, 3.8) is 0 Å². The van der Waals surface area contributed by atoms with E-state index < -0.39 is 36.0 Å². The lowest BCUT2D eigenvalue weighted by molar-refractivity contribution is -0.178. The van der Waals surface area contributed by atoms with Crippen LogP contribution in [-0.2, 0) is 18.9 Å². The molecule has 4 rings (SSSR count). The molecule has 1 fully saturated rings. The number of benzene rings is 3. The highest BCUT2D eigenvalue weighted by Crippen LogP contribution is 2.38. The third-order valence-electron chi connectivity index (χ3n) is 5.90. The van der Waals surface area contributed by atoms with Gasteiger partial charge in [0.05, 0.1) is 11.1 Å². The van der Waals surface area contributed by atoms with E-state index >= 15 is 0 Å². The van der Waals surface area contributed by atoms with Gasteiger partial charge in [0, 0.05) is 12.0 Å². The Kier molecular flexibility index (Phi) is 8.12. The number of carbonyl (C=O) groups is 2. The Morgan fingerprint density at radius 1 is 0.865 bits per heavy atom. The Bertz CT molecular complexity index is 1230. The maximum Gasteiger partial charge on any atom is 0.340 e. The number of hydrogen-bond acceptors (Lipinski definition) is 8. The summed E-state index contributed by atoms with van der Waals surface area (Å²) in [5.41, 5.74) is -0.853. The standard InChI is InChI=1S/C29H27NO7/c1-2-18-29(33)24(36-25(30)20-12-6-3-7-13-20)23(19-34-26(31)21-14-8-4-9-15-21)35-28(29)37-27(32)22-16-10-5-11-17-22/h2-17,23-24,28,30,33H,1,18-19H2. The predicted octanol–water partition coefficient (Wildman–Crippen LogP) is 4.14. The van der Waals surface area contributed by atoms with Gasteiger partial charge >= 0.3 is 11.9 Å². The number of rotatable bonds is 9. The fraction of sp³-hybridized carbons (Fsp3) is 0.207. The quantitative estimate of drug-likeness (QED) is 0.196. The number of aliphatic hydroxyl groups is 1. The van der Waals surface area contributed by atoms with Crippen LogP contribution < -0.4 is 0 Å². The number of nitrogens with one attached hydrogen (secondary N) is 1. The fourth-order valence-electron chi connectivity index (χ4n) is 4.02. The van der Waals surface area contributed by atoms with Crippen LogP contribution >= 0.6 is 0 Å².